The molecule has 1 unspecified atom stereocenters. The van der Waals surface area contributed by atoms with Crippen LogP contribution in [0.3, 0.4) is 0 Å². The number of aliphatic carboxylic acids is 1. The number of hydrogen-bond donors (Lipinski definition) is 2. The highest BCUT2D eigenvalue weighted by Gasteiger charge is 2.13. The van der Waals surface area contributed by atoms with Gasteiger partial charge in [-0.15, -0.1) is 0 Å². The molecule has 0 radical (unpaired) electrons. The lowest BCUT2D eigenvalue weighted by atomic mass is 10.0. The van der Waals surface area contributed by atoms with Gasteiger partial charge in [-0.05, 0) is 24.1 Å². The van der Waals surface area contributed by atoms with Gasteiger partial charge in [-0.25, -0.2) is 0 Å². The Morgan fingerprint density at radius 1 is 1.20 bits per heavy atom. The van der Waals surface area contributed by atoms with E-state index in [1.54, 1.807) is 19.1 Å². The van der Waals surface area contributed by atoms with E-state index in [2.05, 4.69) is 15.5 Å². The average Bonchev–Trinajstić information content (AvgIpc) is 3.04. The minimum Gasteiger partial charge on any atom is -0.481 e. The molecule has 0 aliphatic carbocycles. The summed E-state index contributed by atoms with van der Waals surface area (Å²) in [6.45, 7) is 5.62. The summed E-state index contributed by atoms with van der Waals surface area (Å²) in [6.07, 6.45) is 1.09. The summed E-state index contributed by atoms with van der Waals surface area (Å²) in [5, 5.41) is 15.6. The number of carbonyl (C=O) groups is 2. The first-order valence-corrected chi connectivity index (χ1v) is 8.29. The molecule has 0 saturated heterocycles. The lowest BCUT2D eigenvalue weighted by Gasteiger charge is -2.08. The van der Waals surface area contributed by atoms with Gasteiger partial charge in [-0.1, -0.05) is 38.1 Å². The standard InChI is InChI=1S/C18H23N3O4/c1-11(2)17-20-16(25-21-17)9-8-15(22)19-14-6-4-13(5-7-14)10-12(3)18(23)24/h4-7,11-12H,8-10H2,1-3H3,(H,19,22)(H,23,24). The molecule has 2 rings (SSSR count). The van der Waals surface area contributed by atoms with Crippen LogP contribution in [0.1, 0.15) is 50.4 Å². The Labute approximate surface area is 146 Å². The van der Waals surface area contributed by atoms with E-state index >= 15 is 0 Å². The second-order valence-corrected chi connectivity index (χ2v) is 6.39. The third-order valence-electron chi connectivity index (χ3n) is 3.77. The number of anilines is 1. The Hall–Kier alpha value is -2.70. The highest BCUT2D eigenvalue weighted by atomic mass is 16.5. The lowest BCUT2D eigenvalue weighted by Crippen LogP contribution is -2.13. The first kappa shape index (κ1) is 18.6. The fourth-order valence-electron chi connectivity index (χ4n) is 2.21. The monoisotopic (exact) mass is 345 g/mol. The average molecular weight is 345 g/mol. The SMILES string of the molecule is CC(Cc1ccc(NC(=O)CCc2nc(C(C)C)no2)cc1)C(=O)O. The summed E-state index contributed by atoms with van der Waals surface area (Å²) in [4.78, 5) is 27.1. The van der Waals surface area contributed by atoms with Crippen molar-refractivity contribution < 1.29 is 19.2 Å². The summed E-state index contributed by atoms with van der Waals surface area (Å²) in [5.41, 5.74) is 1.59. The smallest absolute Gasteiger partial charge is 0.306 e. The van der Waals surface area contributed by atoms with E-state index in [1.165, 1.54) is 0 Å². The molecule has 0 aliphatic rings. The van der Waals surface area contributed by atoms with Crippen molar-refractivity contribution in [1.82, 2.24) is 10.1 Å². The number of aromatic nitrogens is 2. The van der Waals surface area contributed by atoms with Gasteiger partial charge in [0, 0.05) is 24.4 Å². The van der Waals surface area contributed by atoms with Crippen molar-refractivity contribution in [3.63, 3.8) is 0 Å². The van der Waals surface area contributed by atoms with Gasteiger partial charge in [0.2, 0.25) is 11.8 Å². The second kappa shape index (κ2) is 8.41. The molecule has 7 heteroatoms. The number of carboxylic acids is 1. The number of aryl methyl sites for hydroxylation is 1. The van der Waals surface area contributed by atoms with Crippen LogP contribution in [-0.2, 0) is 22.4 Å². The van der Waals surface area contributed by atoms with Crippen molar-refractivity contribution in [2.75, 3.05) is 5.32 Å². The minimum atomic E-state index is -0.820. The normalized spacial score (nSPS) is 12.2. The van der Waals surface area contributed by atoms with E-state index in [9.17, 15) is 9.59 Å². The summed E-state index contributed by atoms with van der Waals surface area (Å²) in [5.74, 6) is -0.118. The molecule has 134 valence electrons. The maximum atomic E-state index is 12.0. The topological polar surface area (TPSA) is 105 Å². The van der Waals surface area contributed by atoms with Gasteiger partial charge < -0.3 is 14.9 Å². The van der Waals surface area contributed by atoms with Crippen molar-refractivity contribution >= 4 is 17.6 Å². The third kappa shape index (κ3) is 5.70. The van der Waals surface area contributed by atoms with Gasteiger partial charge in [-0.3, -0.25) is 9.59 Å². The van der Waals surface area contributed by atoms with Crippen LogP contribution in [0.2, 0.25) is 0 Å². The van der Waals surface area contributed by atoms with Crippen LogP contribution >= 0.6 is 0 Å². The summed E-state index contributed by atoms with van der Waals surface area (Å²) in [6, 6.07) is 7.18. The largest absolute Gasteiger partial charge is 0.481 e. The van der Waals surface area contributed by atoms with Crippen molar-refractivity contribution in [3.8, 4) is 0 Å². The van der Waals surface area contributed by atoms with Gasteiger partial charge in [-0.2, -0.15) is 4.98 Å². The molecule has 0 fully saturated rings. The first-order valence-electron chi connectivity index (χ1n) is 8.29. The molecule has 1 heterocycles. The van der Waals surface area contributed by atoms with Crippen molar-refractivity contribution in [3.05, 3.63) is 41.5 Å². The molecular formula is C18H23N3O4. The Balaban J connectivity index is 1.82. The summed E-state index contributed by atoms with van der Waals surface area (Å²) in [7, 11) is 0. The molecule has 1 amide bonds. The Bertz CT molecular complexity index is 722. The van der Waals surface area contributed by atoms with Gasteiger partial charge >= 0.3 is 5.97 Å². The van der Waals surface area contributed by atoms with Crippen molar-refractivity contribution in [1.29, 1.82) is 0 Å². The van der Waals surface area contributed by atoms with E-state index in [1.807, 2.05) is 26.0 Å². The molecule has 1 atom stereocenters. The van der Waals surface area contributed by atoms with Crippen LogP contribution in [0.25, 0.3) is 0 Å². The van der Waals surface area contributed by atoms with Crippen molar-refractivity contribution in [2.24, 2.45) is 5.92 Å². The summed E-state index contributed by atoms with van der Waals surface area (Å²) >= 11 is 0. The molecule has 0 saturated carbocycles. The van der Waals surface area contributed by atoms with Gasteiger partial charge in [0.15, 0.2) is 5.82 Å². The molecule has 1 aromatic carbocycles. The van der Waals surface area contributed by atoms with Crippen LogP contribution in [0.5, 0.6) is 0 Å². The predicted molar refractivity (Wildman–Crippen MR) is 92.3 cm³/mol. The molecular weight excluding hydrogens is 322 g/mol. The second-order valence-electron chi connectivity index (χ2n) is 6.39. The zero-order valence-corrected chi connectivity index (χ0v) is 14.7. The minimum absolute atomic E-state index is 0.143. The zero-order chi connectivity index (χ0) is 18.4. The Morgan fingerprint density at radius 3 is 2.44 bits per heavy atom. The van der Waals surface area contributed by atoms with Gasteiger partial charge in [0.05, 0.1) is 5.92 Å². The van der Waals surface area contributed by atoms with Gasteiger partial charge in [0.25, 0.3) is 0 Å². The van der Waals surface area contributed by atoms with E-state index < -0.39 is 11.9 Å². The van der Waals surface area contributed by atoms with Crippen LogP contribution in [0.15, 0.2) is 28.8 Å². The lowest BCUT2D eigenvalue weighted by molar-refractivity contribution is -0.141. The highest BCUT2D eigenvalue weighted by molar-refractivity contribution is 5.90. The number of rotatable bonds is 8. The maximum Gasteiger partial charge on any atom is 0.306 e. The van der Waals surface area contributed by atoms with E-state index in [0.717, 1.165) is 5.56 Å². The maximum absolute atomic E-state index is 12.0. The molecule has 25 heavy (non-hydrogen) atoms. The predicted octanol–water partition coefficient (Wildman–Crippen LogP) is 3.03. The number of amides is 1. The van der Waals surface area contributed by atoms with E-state index in [0.29, 0.717) is 30.2 Å². The van der Waals surface area contributed by atoms with E-state index in [-0.39, 0.29) is 18.2 Å². The molecule has 0 bridgehead atoms. The Kier molecular flexibility index (Phi) is 6.27. The number of nitrogens with one attached hydrogen (secondary N) is 1. The molecule has 1 aromatic heterocycles. The summed E-state index contributed by atoms with van der Waals surface area (Å²) < 4.78 is 5.11. The number of carboxylic acid groups (broad SMARTS) is 1. The number of hydrogen-bond acceptors (Lipinski definition) is 5. The van der Waals surface area contributed by atoms with Gasteiger partial charge in [0.1, 0.15) is 0 Å². The molecule has 2 aromatic rings. The first-order chi connectivity index (χ1) is 11.8. The highest BCUT2D eigenvalue weighted by Crippen LogP contribution is 2.15. The molecule has 0 spiro atoms. The quantitative estimate of drug-likeness (QED) is 0.762. The number of carbonyl (C=O) groups excluding carboxylic acids is 1. The van der Waals surface area contributed by atoms with Crippen molar-refractivity contribution in [2.45, 2.75) is 46.0 Å². The molecule has 7 nitrogen and oxygen atoms in total. The fourth-order valence-corrected chi connectivity index (χ4v) is 2.21. The number of nitrogens with zero attached hydrogens (tertiary/aromatic N) is 2. The Morgan fingerprint density at radius 2 is 1.88 bits per heavy atom. The van der Waals surface area contributed by atoms with Crippen LogP contribution in [-0.4, -0.2) is 27.1 Å². The third-order valence-corrected chi connectivity index (χ3v) is 3.77. The fraction of sp³-hybridized carbons (Fsp3) is 0.444. The van der Waals surface area contributed by atoms with Crippen LogP contribution in [0.4, 0.5) is 5.69 Å². The molecule has 2 N–H and O–H groups in total. The molecule has 0 aliphatic heterocycles. The van der Waals surface area contributed by atoms with Crippen LogP contribution < -0.4 is 5.32 Å². The zero-order valence-electron chi connectivity index (χ0n) is 14.7. The van der Waals surface area contributed by atoms with E-state index in [4.69, 9.17) is 9.63 Å². The van der Waals surface area contributed by atoms with Crippen LogP contribution in [0, 0.1) is 5.92 Å². The number of benzene rings is 1.